The molecule has 1 amide bonds. The summed E-state index contributed by atoms with van der Waals surface area (Å²) >= 11 is 5.90. The maximum Gasteiger partial charge on any atom is 0.260 e. The Morgan fingerprint density at radius 1 is 1.35 bits per heavy atom. The average Bonchev–Trinajstić information content (AvgIpc) is 2.53. The van der Waals surface area contributed by atoms with Crippen LogP contribution in [0.3, 0.4) is 0 Å². The van der Waals surface area contributed by atoms with Gasteiger partial charge in [0.15, 0.2) is 6.61 Å². The highest BCUT2D eigenvalue weighted by molar-refractivity contribution is 6.30. The number of aromatic nitrogens is 1. The molecule has 2 aromatic rings. The molecule has 0 spiro atoms. The summed E-state index contributed by atoms with van der Waals surface area (Å²) in [6, 6.07) is 6.91. The number of aryl methyl sites for hydroxylation is 1. The van der Waals surface area contributed by atoms with Gasteiger partial charge in [0.05, 0.1) is 0 Å². The van der Waals surface area contributed by atoms with Crippen molar-refractivity contribution in [3.63, 3.8) is 0 Å². The third kappa shape index (κ3) is 3.56. The van der Waals surface area contributed by atoms with Gasteiger partial charge >= 0.3 is 0 Å². The Morgan fingerprint density at radius 2 is 2.17 bits per heavy atom. The minimum Gasteiger partial charge on any atom is -0.483 e. The van der Waals surface area contributed by atoms with Crippen molar-refractivity contribution in [2.24, 2.45) is 0 Å². The van der Waals surface area contributed by atoms with Crippen molar-refractivity contribution in [3.05, 3.63) is 62.5 Å². The third-order valence-electron chi connectivity index (χ3n) is 3.96. The summed E-state index contributed by atoms with van der Waals surface area (Å²) in [5, 5.41) is 0.641. The van der Waals surface area contributed by atoms with E-state index in [9.17, 15) is 9.59 Å². The highest BCUT2D eigenvalue weighted by Gasteiger charge is 2.21. The fourth-order valence-corrected chi connectivity index (χ4v) is 2.91. The fourth-order valence-electron chi connectivity index (χ4n) is 2.68. The van der Waals surface area contributed by atoms with Gasteiger partial charge in [-0.15, -0.1) is 0 Å². The second-order valence-electron chi connectivity index (χ2n) is 5.61. The first-order valence-electron chi connectivity index (χ1n) is 7.40. The number of nitrogens with one attached hydrogen (secondary N) is 1. The molecule has 120 valence electrons. The van der Waals surface area contributed by atoms with Gasteiger partial charge in [0.2, 0.25) is 5.56 Å². The van der Waals surface area contributed by atoms with Crippen LogP contribution < -0.4 is 10.3 Å². The van der Waals surface area contributed by atoms with E-state index in [0.29, 0.717) is 30.3 Å². The maximum absolute atomic E-state index is 12.3. The molecule has 0 unspecified atom stereocenters. The number of rotatable bonds is 3. The van der Waals surface area contributed by atoms with Gasteiger partial charge in [0.1, 0.15) is 5.75 Å². The number of benzene rings is 1. The van der Waals surface area contributed by atoms with E-state index in [0.717, 1.165) is 16.7 Å². The van der Waals surface area contributed by atoms with Gasteiger partial charge in [-0.3, -0.25) is 9.59 Å². The van der Waals surface area contributed by atoms with Crippen LogP contribution in [-0.2, 0) is 17.8 Å². The molecule has 3 rings (SSSR count). The van der Waals surface area contributed by atoms with Crippen LogP contribution in [0.15, 0.2) is 35.3 Å². The summed E-state index contributed by atoms with van der Waals surface area (Å²) in [4.78, 5) is 28.0. The lowest BCUT2D eigenvalue weighted by atomic mass is 10.0. The zero-order valence-electron chi connectivity index (χ0n) is 12.8. The zero-order valence-corrected chi connectivity index (χ0v) is 13.5. The van der Waals surface area contributed by atoms with Gasteiger partial charge < -0.3 is 14.6 Å². The SMILES string of the molecule is Cc1cc(Cl)ccc1OCC(=O)N1CCc2cc(=O)[nH]cc2C1. The van der Waals surface area contributed by atoms with Crippen LogP contribution in [0.25, 0.3) is 0 Å². The zero-order chi connectivity index (χ0) is 16.4. The quantitative estimate of drug-likeness (QED) is 0.938. The lowest BCUT2D eigenvalue weighted by Crippen LogP contribution is -2.39. The predicted octanol–water partition coefficient (Wildman–Crippen LogP) is 2.30. The summed E-state index contributed by atoms with van der Waals surface area (Å²) in [7, 11) is 0. The highest BCUT2D eigenvalue weighted by Crippen LogP contribution is 2.22. The first-order chi connectivity index (χ1) is 11.0. The van der Waals surface area contributed by atoms with Crippen LogP contribution in [0, 0.1) is 6.92 Å². The smallest absolute Gasteiger partial charge is 0.260 e. The van der Waals surface area contributed by atoms with E-state index >= 15 is 0 Å². The summed E-state index contributed by atoms with van der Waals surface area (Å²) in [6.45, 7) is 2.96. The number of fused-ring (bicyclic) bond motifs is 1. The Kier molecular flexibility index (Phi) is 4.39. The van der Waals surface area contributed by atoms with E-state index in [1.807, 2.05) is 6.92 Å². The molecule has 2 heterocycles. The Labute approximate surface area is 138 Å². The Morgan fingerprint density at radius 3 is 2.96 bits per heavy atom. The first kappa shape index (κ1) is 15.6. The van der Waals surface area contributed by atoms with Crippen LogP contribution in [0.4, 0.5) is 0 Å². The molecule has 0 bridgehead atoms. The monoisotopic (exact) mass is 332 g/mol. The van der Waals surface area contributed by atoms with Gasteiger partial charge in [-0.25, -0.2) is 0 Å². The number of hydrogen-bond acceptors (Lipinski definition) is 3. The number of aromatic amines is 1. The predicted molar refractivity (Wildman–Crippen MR) is 87.9 cm³/mol. The topological polar surface area (TPSA) is 62.4 Å². The fraction of sp³-hybridized carbons (Fsp3) is 0.294. The number of ether oxygens (including phenoxy) is 1. The largest absolute Gasteiger partial charge is 0.483 e. The normalized spacial score (nSPS) is 13.6. The second-order valence-corrected chi connectivity index (χ2v) is 6.05. The minimum atomic E-state index is -0.106. The van der Waals surface area contributed by atoms with Gasteiger partial charge in [-0.2, -0.15) is 0 Å². The minimum absolute atomic E-state index is 0.0127. The van der Waals surface area contributed by atoms with Crippen molar-refractivity contribution >= 4 is 17.5 Å². The molecule has 23 heavy (non-hydrogen) atoms. The Balaban J connectivity index is 1.63. The van der Waals surface area contributed by atoms with Crippen LogP contribution in [0.1, 0.15) is 16.7 Å². The number of hydrogen-bond donors (Lipinski definition) is 1. The van der Waals surface area contributed by atoms with E-state index in [-0.39, 0.29) is 18.1 Å². The number of amides is 1. The van der Waals surface area contributed by atoms with Gasteiger partial charge in [0, 0.05) is 30.4 Å². The van der Waals surface area contributed by atoms with Crippen molar-refractivity contribution in [3.8, 4) is 5.75 Å². The maximum atomic E-state index is 12.3. The van der Waals surface area contributed by atoms with E-state index in [4.69, 9.17) is 16.3 Å². The Hall–Kier alpha value is -2.27. The Bertz CT molecular complexity index is 801. The van der Waals surface area contributed by atoms with Crippen molar-refractivity contribution in [1.29, 1.82) is 0 Å². The highest BCUT2D eigenvalue weighted by atomic mass is 35.5. The number of nitrogens with zero attached hydrogens (tertiary/aromatic N) is 1. The van der Waals surface area contributed by atoms with E-state index in [2.05, 4.69) is 4.98 Å². The van der Waals surface area contributed by atoms with Crippen LogP contribution >= 0.6 is 11.6 Å². The van der Waals surface area contributed by atoms with Crippen molar-refractivity contribution in [2.45, 2.75) is 19.9 Å². The van der Waals surface area contributed by atoms with E-state index < -0.39 is 0 Å². The number of halogens is 1. The number of H-pyrrole nitrogens is 1. The molecule has 0 radical (unpaired) electrons. The van der Waals surface area contributed by atoms with Gasteiger partial charge in [0.25, 0.3) is 5.91 Å². The van der Waals surface area contributed by atoms with Crippen molar-refractivity contribution < 1.29 is 9.53 Å². The van der Waals surface area contributed by atoms with Gasteiger partial charge in [-0.1, -0.05) is 11.6 Å². The van der Waals surface area contributed by atoms with E-state index in [1.54, 1.807) is 35.4 Å². The summed E-state index contributed by atoms with van der Waals surface area (Å²) in [5.74, 6) is 0.584. The number of pyridine rings is 1. The molecule has 0 fully saturated rings. The van der Waals surface area contributed by atoms with E-state index in [1.165, 1.54) is 0 Å². The second kappa shape index (κ2) is 6.46. The average molecular weight is 333 g/mol. The molecule has 0 saturated heterocycles. The standard InChI is InChI=1S/C17H17ClN2O3/c1-11-6-14(18)2-3-15(11)23-10-17(22)20-5-4-12-7-16(21)19-8-13(12)9-20/h2-3,6-8H,4-5,9-10H2,1H3,(H,19,21). The molecular formula is C17H17ClN2O3. The molecular weight excluding hydrogens is 316 g/mol. The van der Waals surface area contributed by atoms with Crippen molar-refractivity contribution in [2.75, 3.05) is 13.2 Å². The molecule has 1 aromatic heterocycles. The van der Waals surface area contributed by atoms with Gasteiger partial charge in [-0.05, 0) is 48.2 Å². The molecule has 5 nitrogen and oxygen atoms in total. The van der Waals surface area contributed by atoms with Crippen LogP contribution in [-0.4, -0.2) is 28.9 Å². The third-order valence-corrected chi connectivity index (χ3v) is 4.19. The van der Waals surface area contributed by atoms with Crippen molar-refractivity contribution in [1.82, 2.24) is 9.88 Å². The molecule has 0 atom stereocenters. The molecule has 1 N–H and O–H groups in total. The summed E-state index contributed by atoms with van der Waals surface area (Å²) < 4.78 is 5.61. The molecule has 1 aromatic carbocycles. The molecule has 6 heteroatoms. The summed E-state index contributed by atoms with van der Waals surface area (Å²) in [6.07, 6.45) is 2.37. The first-order valence-corrected chi connectivity index (χ1v) is 7.78. The molecule has 1 aliphatic heterocycles. The van der Waals surface area contributed by atoms with Crippen LogP contribution in [0.2, 0.25) is 5.02 Å². The lowest BCUT2D eigenvalue weighted by molar-refractivity contribution is -0.134. The lowest BCUT2D eigenvalue weighted by Gasteiger charge is -2.28. The molecule has 1 aliphatic rings. The molecule has 0 saturated carbocycles. The number of carbonyl (C=O) groups excluding carboxylic acids is 1. The van der Waals surface area contributed by atoms with Crippen LogP contribution in [0.5, 0.6) is 5.75 Å². The summed E-state index contributed by atoms with van der Waals surface area (Å²) in [5.41, 5.74) is 2.77. The number of carbonyl (C=O) groups is 1. The molecule has 0 aliphatic carbocycles.